The Morgan fingerprint density at radius 1 is 1.33 bits per heavy atom. The summed E-state index contributed by atoms with van der Waals surface area (Å²) < 4.78 is 5.67. The fourth-order valence-electron chi connectivity index (χ4n) is 1.74. The number of aromatic amines is 1. The summed E-state index contributed by atoms with van der Waals surface area (Å²) >= 11 is 0. The summed E-state index contributed by atoms with van der Waals surface area (Å²) in [5, 5.41) is 7.08. The fraction of sp³-hybridized carbons (Fsp3) is 0.357. The highest BCUT2D eigenvalue weighted by atomic mass is 16.5. The molecule has 0 aliphatic carbocycles. The molecule has 3 N–H and O–H groups in total. The molecule has 0 saturated heterocycles. The highest BCUT2D eigenvalue weighted by Crippen LogP contribution is 2.17. The van der Waals surface area contributed by atoms with Crippen LogP contribution in [0.25, 0.3) is 0 Å². The number of aromatic nitrogens is 2. The van der Waals surface area contributed by atoms with Crippen molar-refractivity contribution in [3.63, 3.8) is 0 Å². The third-order valence-electron chi connectivity index (χ3n) is 2.80. The van der Waals surface area contributed by atoms with Crippen LogP contribution in [-0.2, 0) is 16.9 Å². The van der Waals surface area contributed by atoms with E-state index in [-0.39, 0.29) is 0 Å². The van der Waals surface area contributed by atoms with Crippen LogP contribution in [0.5, 0.6) is 0 Å². The molecule has 2 aromatic rings. The van der Waals surface area contributed by atoms with Gasteiger partial charge in [0.2, 0.25) is 0 Å². The number of nitrogens with one attached hydrogen (secondary N) is 1. The smallest absolute Gasteiger partial charge is 0.0844 e. The number of aryl methyl sites for hydroxylation is 1. The maximum Gasteiger partial charge on any atom is 0.0844 e. The zero-order valence-electron chi connectivity index (χ0n) is 10.8. The van der Waals surface area contributed by atoms with Gasteiger partial charge in [-0.2, -0.15) is 5.10 Å². The lowest BCUT2D eigenvalue weighted by Crippen LogP contribution is -2.38. The average Bonchev–Trinajstić information content (AvgIpc) is 2.78. The van der Waals surface area contributed by atoms with Crippen molar-refractivity contribution in [2.24, 2.45) is 5.73 Å². The van der Waals surface area contributed by atoms with Gasteiger partial charge in [0.25, 0.3) is 0 Å². The van der Waals surface area contributed by atoms with Gasteiger partial charge in [-0.3, -0.25) is 5.10 Å². The molecule has 96 valence electrons. The van der Waals surface area contributed by atoms with Crippen molar-refractivity contribution in [3.8, 4) is 0 Å². The van der Waals surface area contributed by atoms with Gasteiger partial charge in [-0.1, -0.05) is 30.3 Å². The van der Waals surface area contributed by atoms with Crippen LogP contribution in [0, 0.1) is 6.92 Å². The molecule has 18 heavy (non-hydrogen) atoms. The lowest BCUT2D eigenvalue weighted by Gasteiger charge is -2.22. The molecule has 1 aromatic heterocycles. The van der Waals surface area contributed by atoms with Crippen LogP contribution in [0.4, 0.5) is 0 Å². The first kappa shape index (κ1) is 12.8. The van der Waals surface area contributed by atoms with E-state index in [1.807, 2.05) is 50.2 Å². The number of hydrogen-bond acceptors (Lipinski definition) is 3. The predicted molar refractivity (Wildman–Crippen MR) is 71.0 cm³/mol. The maximum absolute atomic E-state index is 6.21. The lowest BCUT2D eigenvalue weighted by molar-refractivity contribution is 0.0770. The van der Waals surface area contributed by atoms with Gasteiger partial charge in [0.05, 0.1) is 24.4 Å². The van der Waals surface area contributed by atoms with E-state index in [0.717, 1.165) is 17.0 Å². The van der Waals surface area contributed by atoms with Gasteiger partial charge < -0.3 is 10.5 Å². The topological polar surface area (TPSA) is 63.9 Å². The molecule has 4 nitrogen and oxygen atoms in total. The van der Waals surface area contributed by atoms with Gasteiger partial charge in [0, 0.05) is 5.69 Å². The van der Waals surface area contributed by atoms with Crippen LogP contribution in [-0.4, -0.2) is 16.8 Å². The van der Waals surface area contributed by atoms with Crippen molar-refractivity contribution >= 4 is 0 Å². The Bertz CT molecular complexity index is 491. The minimum atomic E-state index is -0.570. The minimum Gasteiger partial charge on any atom is -0.374 e. The normalized spacial score (nSPS) is 14.4. The molecule has 0 bridgehead atoms. The van der Waals surface area contributed by atoms with E-state index in [4.69, 9.17) is 10.5 Å². The van der Waals surface area contributed by atoms with Crippen LogP contribution in [0.1, 0.15) is 23.9 Å². The van der Waals surface area contributed by atoms with Gasteiger partial charge in [0.1, 0.15) is 0 Å². The molecule has 0 radical (unpaired) electrons. The quantitative estimate of drug-likeness (QED) is 0.848. The largest absolute Gasteiger partial charge is 0.374 e. The molecule has 0 amide bonds. The van der Waals surface area contributed by atoms with Crippen LogP contribution in [0.2, 0.25) is 0 Å². The van der Waals surface area contributed by atoms with Crippen LogP contribution in [0.15, 0.2) is 36.4 Å². The average molecular weight is 245 g/mol. The summed E-state index contributed by atoms with van der Waals surface area (Å²) in [5.74, 6) is 0. The molecule has 1 aromatic carbocycles. The fourth-order valence-corrected chi connectivity index (χ4v) is 1.74. The molecular formula is C14H19N3O. The third kappa shape index (κ3) is 3.18. The van der Waals surface area contributed by atoms with E-state index in [2.05, 4.69) is 10.2 Å². The van der Waals surface area contributed by atoms with Gasteiger partial charge in [-0.25, -0.2) is 0 Å². The first-order valence-electron chi connectivity index (χ1n) is 6.01. The zero-order chi connectivity index (χ0) is 13.0. The Morgan fingerprint density at radius 3 is 2.67 bits per heavy atom. The van der Waals surface area contributed by atoms with Crippen molar-refractivity contribution in [2.75, 3.05) is 6.61 Å². The molecule has 4 heteroatoms. The highest BCUT2D eigenvalue weighted by molar-refractivity contribution is 5.16. The van der Waals surface area contributed by atoms with Crippen LogP contribution >= 0.6 is 0 Å². The third-order valence-corrected chi connectivity index (χ3v) is 2.80. The van der Waals surface area contributed by atoms with Crippen LogP contribution in [0.3, 0.4) is 0 Å². The number of rotatable bonds is 5. The first-order valence-corrected chi connectivity index (χ1v) is 6.01. The summed E-state index contributed by atoms with van der Waals surface area (Å²) in [6.07, 6.45) is 0. The number of H-pyrrole nitrogens is 1. The number of ether oxygens (including phenoxy) is 1. The van der Waals surface area contributed by atoms with Gasteiger partial charge in [-0.05, 0) is 25.5 Å². The summed E-state index contributed by atoms with van der Waals surface area (Å²) in [6.45, 7) is 4.88. The van der Waals surface area contributed by atoms with E-state index in [1.54, 1.807) is 0 Å². The molecule has 1 heterocycles. The molecule has 0 aliphatic rings. The van der Waals surface area contributed by atoms with Crippen molar-refractivity contribution in [1.29, 1.82) is 0 Å². The molecule has 1 unspecified atom stereocenters. The number of nitrogens with two attached hydrogens (primary N) is 1. The molecule has 1 atom stereocenters. The summed E-state index contributed by atoms with van der Waals surface area (Å²) in [4.78, 5) is 0. The monoisotopic (exact) mass is 245 g/mol. The first-order chi connectivity index (χ1) is 8.58. The Hall–Kier alpha value is -1.65. The second-order valence-electron chi connectivity index (χ2n) is 4.83. The minimum absolute atomic E-state index is 0.437. The zero-order valence-corrected chi connectivity index (χ0v) is 10.8. The summed E-state index contributed by atoms with van der Waals surface area (Å²) in [7, 11) is 0. The van der Waals surface area contributed by atoms with E-state index >= 15 is 0 Å². The number of hydrogen-bond donors (Lipinski definition) is 2. The molecule has 2 rings (SSSR count). The molecule has 0 spiro atoms. The SMILES string of the molecule is Cc1cc(C(C)(N)COCc2ccccc2)n[nH]1. The second-order valence-corrected chi connectivity index (χ2v) is 4.83. The van der Waals surface area contributed by atoms with Gasteiger partial charge in [-0.15, -0.1) is 0 Å². The van der Waals surface area contributed by atoms with Crippen molar-refractivity contribution < 1.29 is 4.74 Å². The number of nitrogens with zero attached hydrogens (tertiary/aromatic N) is 1. The van der Waals surface area contributed by atoms with Crippen molar-refractivity contribution in [2.45, 2.75) is 26.0 Å². The van der Waals surface area contributed by atoms with Gasteiger partial charge in [0.15, 0.2) is 0 Å². The Labute approximate surface area is 107 Å². The van der Waals surface area contributed by atoms with Gasteiger partial charge >= 0.3 is 0 Å². The standard InChI is InChI=1S/C14H19N3O/c1-11-8-13(17-16-11)14(2,15)10-18-9-12-6-4-3-5-7-12/h3-8H,9-10,15H2,1-2H3,(H,16,17). The summed E-state index contributed by atoms with van der Waals surface area (Å²) in [5.41, 5.74) is 8.61. The van der Waals surface area contributed by atoms with E-state index in [0.29, 0.717) is 13.2 Å². The van der Waals surface area contributed by atoms with E-state index in [9.17, 15) is 0 Å². The second kappa shape index (κ2) is 5.33. The molecular weight excluding hydrogens is 226 g/mol. The Kier molecular flexibility index (Phi) is 3.79. The molecule has 0 fully saturated rings. The Balaban J connectivity index is 1.89. The predicted octanol–water partition coefficient (Wildman–Crippen LogP) is 2.11. The van der Waals surface area contributed by atoms with E-state index < -0.39 is 5.54 Å². The molecule has 0 saturated carbocycles. The highest BCUT2D eigenvalue weighted by Gasteiger charge is 2.24. The number of benzene rings is 1. The van der Waals surface area contributed by atoms with Crippen LogP contribution < -0.4 is 5.73 Å². The van der Waals surface area contributed by atoms with Crippen molar-refractivity contribution in [3.05, 3.63) is 53.3 Å². The maximum atomic E-state index is 6.21. The summed E-state index contributed by atoms with van der Waals surface area (Å²) in [6, 6.07) is 12.0. The van der Waals surface area contributed by atoms with Crippen molar-refractivity contribution in [1.82, 2.24) is 10.2 Å². The van der Waals surface area contributed by atoms with E-state index in [1.165, 1.54) is 0 Å². The Morgan fingerprint density at radius 2 is 2.06 bits per heavy atom. The molecule has 0 aliphatic heterocycles. The lowest BCUT2D eigenvalue weighted by atomic mass is 10.0.